The van der Waals surface area contributed by atoms with E-state index in [1.54, 1.807) is 23.0 Å². The molecule has 8 heteroatoms. The van der Waals surface area contributed by atoms with Crippen molar-refractivity contribution < 1.29 is 13.2 Å². The monoisotopic (exact) mass is 327 g/mol. The molecule has 2 heterocycles. The van der Waals surface area contributed by atoms with Gasteiger partial charge in [-0.2, -0.15) is 0 Å². The van der Waals surface area contributed by atoms with Crippen LogP contribution in [0.15, 0.2) is 23.6 Å². The number of hydrogen-bond donors (Lipinski definition) is 0. The van der Waals surface area contributed by atoms with E-state index in [1.807, 2.05) is 0 Å². The molecule has 0 spiro atoms. The number of hydrogen-bond acceptors (Lipinski definition) is 5. The first kappa shape index (κ1) is 16.1. The Morgan fingerprint density at radius 2 is 2.05 bits per heavy atom. The Balaban J connectivity index is 2.25. The number of imidazole rings is 1. The number of nitrogens with zero attached hydrogens (tertiary/aromatic N) is 3. The van der Waals surface area contributed by atoms with Gasteiger partial charge in [0, 0.05) is 27.1 Å². The Morgan fingerprint density at radius 3 is 2.67 bits per heavy atom. The van der Waals surface area contributed by atoms with Gasteiger partial charge in [-0.25, -0.2) is 13.4 Å². The van der Waals surface area contributed by atoms with Crippen LogP contribution in [0.25, 0.3) is 11.0 Å². The van der Waals surface area contributed by atoms with Crippen LogP contribution in [0.3, 0.4) is 0 Å². The third-order valence-electron chi connectivity index (χ3n) is 3.06. The number of sulfone groups is 1. The summed E-state index contributed by atoms with van der Waals surface area (Å²) < 4.78 is 31.0. The molecule has 2 rings (SSSR count). The Bertz CT molecular complexity index is 735. The van der Waals surface area contributed by atoms with E-state index in [2.05, 4.69) is 29.6 Å². The molecule has 0 radical (unpaired) electrons. The van der Waals surface area contributed by atoms with Crippen LogP contribution in [-0.2, 0) is 21.3 Å². The third kappa shape index (κ3) is 4.11. The summed E-state index contributed by atoms with van der Waals surface area (Å²) in [5.41, 5.74) is 1.28. The lowest BCUT2D eigenvalue weighted by molar-refractivity contribution is 0.0838. The van der Waals surface area contributed by atoms with Crippen LogP contribution in [0.1, 0.15) is 0 Å². The van der Waals surface area contributed by atoms with Crippen LogP contribution >= 0.6 is 0 Å². The maximum absolute atomic E-state index is 11.9. The van der Waals surface area contributed by atoms with E-state index in [0.717, 1.165) is 17.8 Å². The van der Waals surface area contributed by atoms with Gasteiger partial charge in [0.05, 0.1) is 11.7 Å². The van der Waals surface area contributed by atoms with Gasteiger partial charge in [0.25, 0.3) is 0 Å². The maximum Gasteiger partial charge on any atom is 0.230 e. The molecule has 0 aromatic carbocycles. The van der Waals surface area contributed by atoms with E-state index in [9.17, 15) is 8.42 Å². The topological polar surface area (TPSA) is 74.1 Å². The average Bonchev–Trinajstić information content (AvgIpc) is 2.72. The van der Waals surface area contributed by atoms with Crippen molar-refractivity contribution in [3.63, 3.8) is 0 Å². The second-order valence-electron chi connectivity index (χ2n) is 6.31. The molecule has 6 nitrogen and oxygen atoms in total. The first-order valence-corrected chi connectivity index (χ1v) is 12.4. The molecule has 0 N–H and O–H groups in total. The van der Waals surface area contributed by atoms with Crippen LogP contribution in [0, 0.1) is 0 Å². The van der Waals surface area contributed by atoms with Crippen molar-refractivity contribution in [1.29, 1.82) is 0 Å². The summed E-state index contributed by atoms with van der Waals surface area (Å²) in [5.74, 6) is 0. The summed E-state index contributed by atoms with van der Waals surface area (Å²) in [7, 11) is -4.57. The molecule has 0 amide bonds. The van der Waals surface area contributed by atoms with Gasteiger partial charge in [-0.15, -0.1) is 0 Å². The van der Waals surface area contributed by atoms with Crippen LogP contribution < -0.4 is 0 Å². The summed E-state index contributed by atoms with van der Waals surface area (Å²) in [4.78, 5) is 8.12. The molecule has 21 heavy (non-hydrogen) atoms. The van der Waals surface area contributed by atoms with Crippen molar-refractivity contribution in [2.75, 3.05) is 12.9 Å². The molecule has 0 fully saturated rings. The van der Waals surface area contributed by atoms with Gasteiger partial charge in [-0.3, -0.25) is 9.55 Å². The highest BCUT2D eigenvalue weighted by Crippen LogP contribution is 2.19. The summed E-state index contributed by atoms with van der Waals surface area (Å²) in [6.07, 6.45) is 4.33. The van der Waals surface area contributed by atoms with Crippen LogP contribution in [0.4, 0.5) is 0 Å². The van der Waals surface area contributed by atoms with Crippen molar-refractivity contribution in [1.82, 2.24) is 14.5 Å². The van der Waals surface area contributed by atoms with E-state index in [0.29, 0.717) is 12.1 Å². The molecule has 116 valence electrons. The van der Waals surface area contributed by atoms with Gasteiger partial charge in [0.1, 0.15) is 12.2 Å². The highest BCUT2D eigenvalue weighted by atomic mass is 32.2. The lowest BCUT2D eigenvalue weighted by Crippen LogP contribution is -2.22. The normalized spacial score (nSPS) is 13.0. The first-order chi connectivity index (χ1) is 9.68. The Morgan fingerprint density at radius 1 is 1.33 bits per heavy atom. The van der Waals surface area contributed by atoms with Gasteiger partial charge >= 0.3 is 0 Å². The highest BCUT2D eigenvalue weighted by molar-refractivity contribution is 7.90. The van der Waals surface area contributed by atoms with Gasteiger partial charge < -0.3 is 4.74 Å². The second-order valence-corrected chi connectivity index (χ2v) is 13.8. The lowest BCUT2D eigenvalue weighted by Gasteiger charge is -2.16. The molecule has 0 aliphatic carbocycles. The Kier molecular flexibility index (Phi) is 4.50. The molecule has 2 aromatic rings. The predicted molar refractivity (Wildman–Crippen MR) is 84.7 cm³/mol. The van der Waals surface area contributed by atoms with Crippen molar-refractivity contribution >= 4 is 28.9 Å². The molecule has 0 bridgehead atoms. The predicted octanol–water partition coefficient (Wildman–Crippen LogP) is 2.15. The van der Waals surface area contributed by atoms with Gasteiger partial charge in [0.15, 0.2) is 0 Å². The number of ether oxygens (including phenoxy) is 1. The summed E-state index contributed by atoms with van der Waals surface area (Å²) in [6, 6.07) is 2.79. The molecule has 0 atom stereocenters. The molecular weight excluding hydrogens is 306 g/mol. The minimum atomic E-state index is -3.41. The van der Waals surface area contributed by atoms with Crippen LogP contribution in [-0.4, -0.2) is 43.9 Å². The SMILES string of the molecule is C[Si](C)(C)CCOCn1c(S(C)(=O)=O)nc2cnccc21. The summed E-state index contributed by atoms with van der Waals surface area (Å²) in [5, 5.41) is 0.0264. The quantitative estimate of drug-likeness (QED) is 0.600. The van der Waals surface area contributed by atoms with E-state index in [4.69, 9.17) is 4.74 Å². The smallest absolute Gasteiger partial charge is 0.230 e. The highest BCUT2D eigenvalue weighted by Gasteiger charge is 2.19. The van der Waals surface area contributed by atoms with Gasteiger partial charge in [0.2, 0.25) is 15.0 Å². The van der Waals surface area contributed by atoms with Gasteiger partial charge in [-0.1, -0.05) is 19.6 Å². The van der Waals surface area contributed by atoms with Crippen molar-refractivity contribution in [3.8, 4) is 0 Å². The van der Waals surface area contributed by atoms with Crippen LogP contribution in [0.2, 0.25) is 25.7 Å². The summed E-state index contributed by atoms with van der Waals surface area (Å²) >= 11 is 0. The maximum atomic E-state index is 11.9. The number of aromatic nitrogens is 3. The summed E-state index contributed by atoms with van der Waals surface area (Å²) in [6.45, 7) is 7.64. The van der Waals surface area contributed by atoms with Crippen molar-refractivity contribution in [3.05, 3.63) is 18.5 Å². The van der Waals surface area contributed by atoms with E-state index in [1.165, 1.54) is 0 Å². The third-order valence-corrected chi connectivity index (χ3v) is 5.74. The molecule has 0 aliphatic rings. The second kappa shape index (κ2) is 5.86. The number of rotatable bonds is 6. The zero-order valence-corrected chi connectivity index (χ0v) is 14.6. The van der Waals surface area contributed by atoms with E-state index >= 15 is 0 Å². The molecule has 0 aliphatic heterocycles. The Labute approximate surface area is 126 Å². The molecule has 0 saturated carbocycles. The molecular formula is C13H21N3O3SSi. The fraction of sp³-hybridized carbons (Fsp3) is 0.538. The standard InChI is InChI=1S/C13H21N3O3SSi/c1-20(17,18)13-15-11-9-14-6-5-12(11)16(13)10-19-7-8-21(2,3)4/h5-6,9H,7-8,10H2,1-4H3. The largest absolute Gasteiger partial charge is 0.361 e. The van der Waals surface area contributed by atoms with Gasteiger partial charge in [-0.05, 0) is 12.1 Å². The average molecular weight is 327 g/mol. The molecule has 0 unspecified atom stereocenters. The number of pyridine rings is 1. The Hall–Kier alpha value is -1.25. The van der Waals surface area contributed by atoms with E-state index < -0.39 is 17.9 Å². The zero-order valence-electron chi connectivity index (χ0n) is 12.8. The molecule has 0 saturated heterocycles. The van der Waals surface area contributed by atoms with Crippen LogP contribution in [0.5, 0.6) is 0 Å². The van der Waals surface area contributed by atoms with E-state index in [-0.39, 0.29) is 11.9 Å². The molecule has 2 aromatic heterocycles. The fourth-order valence-corrected chi connectivity index (χ4v) is 3.47. The number of fused-ring (bicyclic) bond motifs is 1. The van der Waals surface area contributed by atoms with Crippen molar-refractivity contribution in [2.45, 2.75) is 37.6 Å². The van der Waals surface area contributed by atoms with Crippen molar-refractivity contribution in [2.24, 2.45) is 0 Å². The fourth-order valence-electron chi connectivity index (χ4n) is 1.90. The lowest BCUT2D eigenvalue weighted by atomic mass is 10.4. The minimum absolute atomic E-state index is 0.0264. The minimum Gasteiger partial charge on any atom is -0.361 e. The zero-order chi connectivity index (χ0) is 15.7. The first-order valence-electron chi connectivity index (χ1n) is 6.76.